The quantitative estimate of drug-likeness (QED) is 0.703. The monoisotopic (exact) mass is 399 g/mol. The fourth-order valence-electron chi connectivity index (χ4n) is 3.46. The zero-order valence-corrected chi connectivity index (χ0v) is 17.0. The summed E-state index contributed by atoms with van der Waals surface area (Å²) in [5.74, 6) is 1.80. The summed E-state index contributed by atoms with van der Waals surface area (Å²) < 4.78 is 5.54. The number of nitrogens with zero attached hydrogens (tertiary/aromatic N) is 4. The first kappa shape index (κ1) is 20.5. The predicted octanol–water partition coefficient (Wildman–Crippen LogP) is 3.82. The summed E-state index contributed by atoms with van der Waals surface area (Å²) in [6.07, 6.45) is 3.74. The Hall–Kier alpha value is -2.28. The third-order valence-corrected chi connectivity index (χ3v) is 5.07. The molecule has 4 rings (SSSR count). The minimum Gasteiger partial charge on any atom is -0.338 e. The van der Waals surface area contributed by atoms with Gasteiger partial charge in [-0.15, -0.1) is 12.4 Å². The van der Waals surface area contributed by atoms with Crippen LogP contribution in [0.2, 0.25) is 0 Å². The summed E-state index contributed by atoms with van der Waals surface area (Å²) in [6, 6.07) is 12.7. The molecule has 7 heteroatoms. The molecule has 148 valence electrons. The Kier molecular flexibility index (Phi) is 6.78. The van der Waals surface area contributed by atoms with Crippen molar-refractivity contribution < 1.29 is 4.52 Å². The second kappa shape index (κ2) is 9.28. The van der Waals surface area contributed by atoms with E-state index in [-0.39, 0.29) is 18.4 Å². The summed E-state index contributed by atoms with van der Waals surface area (Å²) in [6.45, 7) is 7.79. The molecule has 0 amide bonds. The van der Waals surface area contributed by atoms with Gasteiger partial charge in [-0.05, 0) is 23.1 Å². The number of rotatable bonds is 5. The van der Waals surface area contributed by atoms with Crippen LogP contribution in [0.1, 0.15) is 42.8 Å². The van der Waals surface area contributed by atoms with E-state index >= 15 is 0 Å². The van der Waals surface area contributed by atoms with Crippen molar-refractivity contribution in [3.63, 3.8) is 0 Å². The molecular weight excluding hydrogens is 374 g/mol. The summed E-state index contributed by atoms with van der Waals surface area (Å²) in [7, 11) is 0. The summed E-state index contributed by atoms with van der Waals surface area (Å²) in [4.78, 5) is 11.2. The van der Waals surface area contributed by atoms with Crippen molar-refractivity contribution in [2.45, 2.75) is 32.4 Å². The summed E-state index contributed by atoms with van der Waals surface area (Å²) >= 11 is 0. The van der Waals surface area contributed by atoms with Crippen molar-refractivity contribution in [3.8, 4) is 11.4 Å². The van der Waals surface area contributed by atoms with Gasteiger partial charge in [-0.1, -0.05) is 49.3 Å². The Morgan fingerprint density at radius 3 is 2.75 bits per heavy atom. The maximum absolute atomic E-state index is 5.54. The fourth-order valence-corrected chi connectivity index (χ4v) is 3.46. The molecule has 0 saturated carbocycles. The highest BCUT2D eigenvalue weighted by molar-refractivity contribution is 5.85. The van der Waals surface area contributed by atoms with E-state index in [1.165, 1.54) is 11.1 Å². The molecule has 1 fully saturated rings. The molecule has 6 nitrogen and oxygen atoms in total. The van der Waals surface area contributed by atoms with Gasteiger partial charge in [0.1, 0.15) is 0 Å². The normalized spacial score (nSPS) is 17.5. The van der Waals surface area contributed by atoms with E-state index in [0.717, 1.165) is 25.2 Å². The van der Waals surface area contributed by atoms with Gasteiger partial charge in [0.15, 0.2) is 0 Å². The van der Waals surface area contributed by atoms with Crippen molar-refractivity contribution in [3.05, 3.63) is 65.8 Å². The molecule has 0 aliphatic carbocycles. The smallest absolute Gasteiger partial charge is 0.241 e. The third kappa shape index (κ3) is 4.58. The van der Waals surface area contributed by atoms with Gasteiger partial charge in [-0.2, -0.15) is 4.98 Å². The van der Waals surface area contributed by atoms with E-state index in [4.69, 9.17) is 4.52 Å². The number of hydrogen-bond acceptors (Lipinski definition) is 6. The van der Waals surface area contributed by atoms with E-state index in [1.54, 1.807) is 6.20 Å². The molecule has 28 heavy (non-hydrogen) atoms. The van der Waals surface area contributed by atoms with Crippen molar-refractivity contribution in [2.24, 2.45) is 0 Å². The molecule has 1 aliphatic heterocycles. The minimum atomic E-state index is 0. The molecule has 3 heterocycles. The topological polar surface area (TPSA) is 67.1 Å². The average Bonchev–Trinajstić information content (AvgIpc) is 3.18. The second-order valence-electron chi connectivity index (χ2n) is 7.27. The van der Waals surface area contributed by atoms with Gasteiger partial charge in [-0.3, -0.25) is 9.88 Å². The van der Waals surface area contributed by atoms with E-state index in [9.17, 15) is 0 Å². The van der Waals surface area contributed by atoms with Crippen LogP contribution in [0.4, 0.5) is 0 Å². The Labute approximate surface area is 171 Å². The zero-order chi connectivity index (χ0) is 18.6. The SMILES string of the molecule is CC(C)c1ccc(-c2noc(CN3CCNCC3c3cccnc3)n2)cc1.Cl. The van der Waals surface area contributed by atoms with Crippen LogP contribution in [0.25, 0.3) is 11.4 Å². The molecule has 1 aromatic carbocycles. The van der Waals surface area contributed by atoms with E-state index in [0.29, 0.717) is 24.2 Å². The van der Waals surface area contributed by atoms with Gasteiger partial charge in [-0.25, -0.2) is 0 Å². The second-order valence-corrected chi connectivity index (χ2v) is 7.27. The summed E-state index contributed by atoms with van der Waals surface area (Å²) in [5.41, 5.74) is 3.50. The van der Waals surface area contributed by atoms with Gasteiger partial charge in [0.25, 0.3) is 0 Å². The van der Waals surface area contributed by atoms with Crippen molar-refractivity contribution in [1.82, 2.24) is 25.3 Å². The fraction of sp³-hybridized carbons (Fsp3) is 0.381. The number of halogens is 1. The Bertz CT molecular complexity index is 866. The van der Waals surface area contributed by atoms with Crippen LogP contribution < -0.4 is 5.32 Å². The molecule has 0 bridgehead atoms. The van der Waals surface area contributed by atoms with Gasteiger partial charge >= 0.3 is 0 Å². The molecule has 1 aliphatic rings. The van der Waals surface area contributed by atoms with Crippen LogP contribution in [0, 0.1) is 0 Å². The van der Waals surface area contributed by atoms with Crippen molar-refractivity contribution in [2.75, 3.05) is 19.6 Å². The minimum absolute atomic E-state index is 0. The van der Waals surface area contributed by atoms with Crippen LogP contribution in [0.15, 0.2) is 53.3 Å². The number of benzene rings is 1. The first-order chi connectivity index (χ1) is 13.2. The highest BCUT2D eigenvalue weighted by Gasteiger charge is 2.25. The highest BCUT2D eigenvalue weighted by Crippen LogP contribution is 2.25. The molecule has 0 spiro atoms. The number of piperazine rings is 1. The van der Waals surface area contributed by atoms with E-state index in [2.05, 4.69) is 69.5 Å². The molecule has 1 atom stereocenters. The predicted molar refractivity (Wildman–Crippen MR) is 111 cm³/mol. The first-order valence-corrected chi connectivity index (χ1v) is 9.48. The maximum Gasteiger partial charge on any atom is 0.241 e. The van der Waals surface area contributed by atoms with Gasteiger partial charge < -0.3 is 9.84 Å². The molecular formula is C21H26ClN5O. The van der Waals surface area contributed by atoms with Crippen LogP contribution in [-0.2, 0) is 6.54 Å². The van der Waals surface area contributed by atoms with Crippen molar-refractivity contribution >= 4 is 12.4 Å². The van der Waals surface area contributed by atoms with Gasteiger partial charge in [0.2, 0.25) is 11.7 Å². The number of aromatic nitrogens is 3. The van der Waals surface area contributed by atoms with Gasteiger partial charge in [0.05, 0.1) is 6.54 Å². The van der Waals surface area contributed by atoms with E-state index < -0.39 is 0 Å². The van der Waals surface area contributed by atoms with E-state index in [1.807, 2.05) is 12.3 Å². The lowest BCUT2D eigenvalue weighted by atomic mass is 10.0. The Morgan fingerprint density at radius 2 is 2.04 bits per heavy atom. The van der Waals surface area contributed by atoms with Crippen LogP contribution in [-0.4, -0.2) is 39.7 Å². The average molecular weight is 400 g/mol. The Morgan fingerprint density at radius 1 is 1.21 bits per heavy atom. The lowest BCUT2D eigenvalue weighted by molar-refractivity contribution is 0.135. The van der Waals surface area contributed by atoms with Gasteiger partial charge in [0, 0.05) is 43.6 Å². The molecule has 1 saturated heterocycles. The zero-order valence-electron chi connectivity index (χ0n) is 16.2. The lowest BCUT2D eigenvalue weighted by Crippen LogP contribution is -2.45. The van der Waals surface area contributed by atoms with Crippen LogP contribution >= 0.6 is 12.4 Å². The Balaban J connectivity index is 0.00000225. The largest absolute Gasteiger partial charge is 0.338 e. The molecule has 1 N–H and O–H groups in total. The molecule has 1 unspecified atom stereocenters. The standard InChI is InChI=1S/C21H25N5O.ClH/c1-15(2)16-5-7-17(8-6-16)21-24-20(27-25-21)14-26-11-10-23-13-19(26)18-4-3-9-22-12-18;/h3-9,12,15,19,23H,10-11,13-14H2,1-2H3;1H. The summed E-state index contributed by atoms with van der Waals surface area (Å²) in [5, 5.41) is 7.64. The molecule has 2 aromatic heterocycles. The third-order valence-electron chi connectivity index (χ3n) is 5.07. The first-order valence-electron chi connectivity index (χ1n) is 9.48. The maximum atomic E-state index is 5.54. The number of nitrogens with one attached hydrogen (secondary N) is 1. The van der Waals surface area contributed by atoms with Crippen LogP contribution in [0.3, 0.4) is 0 Å². The van der Waals surface area contributed by atoms with Crippen LogP contribution in [0.5, 0.6) is 0 Å². The lowest BCUT2D eigenvalue weighted by Gasteiger charge is -2.35. The number of pyridine rings is 1. The molecule has 3 aromatic rings. The molecule has 0 radical (unpaired) electrons. The highest BCUT2D eigenvalue weighted by atomic mass is 35.5. The number of hydrogen-bond donors (Lipinski definition) is 1. The van der Waals surface area contributed by atoms with Crippen molar-refractivity contribution in [1.29, 1.82) is 0 Å².